The van der Waals surface area contributed by atoms with E-state index in [0.29, 0.717) is 6.61 Å². The van der Waals surface area contributed by atoms with Gasteiger partial charge in [-0.2, -0.15) is 4.73 Å². The van der Waals surface area contributed by atoms with Gasteiger partial charge in [-0.1, -0.05) is 71.3 Å². The van der Waals surface area contributed by atoms with Crippen LogP contribution in [-0.2, 0) is 16.1 Å². The fraction of sp³-hybridized carbons (Fsp3) is 0.193. The van der Waals surface area contributed by atoms with Crippen LogP contribution in [0.1, 0.15) is 84.1 Å². The monoisotopic (exact) mass is 1970 g/mol. The van der Waals surface area contributed by atoms with Gasteiger partial charge in [0.2, 0.25) is 11.6 Å². The van der Waals surface area contributed by atoms with Crippen molar-refractivity contribution in [3.05, 3.63) is 420 Å². The summed E-state index contributed by atoms with van der Waals surface area (Å²) in [6.07, 6.45) is 32.7. The minimum Gasteiger partial charge on any atom is -0.619 e. The summed E-state index contributed by atoms with van der Waals surface area (Å²) >= 11 is 0. The van der Waals surface area contributed by atoms with Gasteiger partial charge in [-0.3, -0.25) is 43.8 Å². The van der Waals surface area contributed by atoms with Gasteiger partial charge in [0.1, 0.15) is 54.9 Å². The number of imidazole rings is 3. The van der Waals surface area contributed by atoms with Crippen LogP contribution in [0.3, 0.4) is 0 Å². The number of hydrogen-bond donors (Lipinski definition) is 5. The zero-order valence-electron chi connectivity index (χ0n) is 85.1. The van der Waals surface area contributed by atoms with Crippen LogP contribution in [0.5, 0.6) is 17.2 Å². The van der Waals surface area contributed by atoms with Crippen LogP contribution in [0.15, 0.2) is 330 Å². The Morgan fingerprint density at radius 3 is 1.72 bits per heavy atom. The largest absolute Gasteiger partial charge is 0.619 e. The number of cyclic esters (lactones) is 1. The fourth-order valence-corrected chi connectivity index (χ4v) is 14.6. The van der Waals surface area contributed by atoms with E-state index in [1.807, 2.05) is 248 Å². The van der Waals surface area contributed by atoms with Gasteiger partial charge in [-0.05, 0) is 281 Å². The highest BCUT2D eigenvalue weighted by atomic mass is 16.6. The van der Waals surface area contributed by atoms with Crippen molar-refractivity contribution in [2.45, 2.75) is 104 Å². The summed E-state index contributed by atoms with van der Waals surface area (Å²) in [5.74, 6) is 5.13. The second kappa shape index (κ2) is 52.8. The molecule has 33 heteroatoms. The molecule has 147 heavy (non-hydrogen) atoms. The first-order valence-electron chi connectivity index (χ1n) is 47.4. The van der Waals surface area contributed by atoms with Crippen LogP contribution >= 0.6 is 0 Å². The molecule has 0 fully saturated rings. The lowest BCUT2D eigenvalue weighted by Crippen LogP contribution is -2.28. The first-order valence-corrected chi connectivity index (χ1v) is 47.4. The van der Waals surface area contributed by atoms with Gasteiger partial charge >= 0.3 is 6.09 Å². The molecule has 0 bridgehead atoms. The molecule has 0 unspecified atom stereocenters. The normalized spacial score (nSPS) is 11.8. The average molecular weight is 1970 g/mol. The lowest BCUT2D eigenvalue weighted by atomic mass is 10.1. The van der Waals surface area contributed by atoms with Crippen molar-refractivity contribution in [2.24, 2.45) is 0 Å². The Morgan fingerprint density at radius 2 is 1.01 bits per heavy atom. The van der Waals surface area contributed by atoms with Crippen LogP contribution < -0.4 is 39.4 Å². The van der Waals surface area contributed by atoms with E-state index < -0.39 is 0 Å². The number of anilines is 4. The Balaban J connectivity index is 0.000000133. The molecule has 0 radical (unpaired) electrons. The summed E-state index contributed by atoms with van der Waals surface area (Å²) in [4.78, 5) is 90.8. The summed E-state index contributed by atoms with van der Waals surface area (Å²) in [6.45, 7) is 32.2. The molecule has 0 spiro atoms. The standard InChI is InChI=1S/2C10H13NO.C10H9N.3C9H8N2.2C9H9NO2.C8H8N2.3C7H7N3.C6H7NO.C4H6N2O/c1-8-3-4-10-9(7-8)11(2)5-6-12-10;1-8-3-4-9-10(7-8)12-6-5-11(9)2;1-8-4-5-10-9(7-8)3-2-6-11-10;1-7-2-3-9-8(4-7)5-10-6-11-9;1-7-2-3-8-9(6-7)11-5-4-10-8;1-7-4-5-8-9(11-7)3-2-6-10-8;1-6-2-3-8-7(4-6)5-12-9(11)10-8;1-6-2-3-7-8(4-6)12-5-9(11)10-7;1-6-5-10-8-7(6)3-2-4-9-8;1-6-5-10-4-2-3-8-7(10)9-6;1-6-5-9-7-8-3-2-4-10(6)7;1-5-9-6-3-2-4-8-7(6)10-5;1-6-2-4-7(8)5-3-6;1-4-2-5-6(7)3-4/h2*3-4,7H,5-6H2,1-2H3;2-7H,1H3;3*2-6H,1H3;2*2-4H,5H2,1H3,(H,10,11);2-5H,1H3,(H,9,10);2*2-5H,1H3;2-4H,1H3,(H,8,9,10);2-5H,1H3;2-3,7H,1H3. The smallest absolute Gasteiger partial charge is 0.411 e. The van der Waals surface area contributed by atoms with Gasteiger partial charge in [0.25, 0.3) is 5.91 Å². The third kappa shape index (κ3) is 32.5. The molecule has 5 N–H and O–H groups in total. The number of aromatic amines is 2. The molecule has 4 aliphatic heterocycles. The molecule has 19 heterocycles. The lowest BCUT2D eigenvalue weighted by Gasteiger charge is -2.27. The highest BCUT2D eigenvalue weighted by molar-refractivity contribution is 5.95. The first-order chi connectivity index (χ1) is 71.0. The highest BCUT2D eigenvalue weighted by Gasteiger charge is 2.19. The number of carbonyl (C=O) groups is 2. The summed E-state index contributed by atoms with van der Waals surface area (Å²) in [5.41, 5.74) is 28.8. The number of ether oxygens (including phenoxy) is 4. The lowest BCUT2D eigenvalue weighted by molar-refractivity contribution is -0.605. The van der Waals surface area contributed by atoms with E-state index in [4.69, 9.17) is 24.2 Å². The Labute approximate surface area is 852 Å². The minimum absolute atomic E-state index is 0.0913. The number of likely N-dealkylation sites (N-methyl/N-ethyl adjacent to an activating group) is 2. The number of nitrogens with zero attached hydrogens (tertiary/aromatic N) is 21. The number of aromatic nitrogens is 21. The van der Waals surface area contributed by atoms with Crippen molar-refractivity contribution in [1.29, 1.82) is 0 Å². The summed E-state index contributed by atoms with van der Waals surface area (Å²) in [7, 11) is 4.19. The number of rotatable bonds is 0. The number of amides is 2. The molecule has 748 valence electrons. The Morgan fingerprint density at radius 1 is 0.415 bits per heavy atom. The maximum atomic E-state index is 10.9. The van der Waals surface area contributed by atoms with Crippen LogP contribution in [0.2, 0.25) is 0 Å². The summed E-state index contributed by atoms with van der Waals surface area (Å²) in [6, 6.07) is 69.7. The molecule has 0 aliphatic carbocycles. The zero-order chi connectivity index (χ0) is 104. The number of aryl methyl sites for hydroxylation is 14. The molecule has 4 aliphatic rings. The van der Waals surface area contributed by atoms with E-state index in [2.05, 4.69) is 221 Å². The predicted molar refractivity (Wildman–Crippen MR) is 579 cm³/mol. The highest BCUT2D eigenvalue weighted by Crippen LogP contribution is 2.33. The zero-order valence-corrected chi connectivity index (χ0v) is 85.1. The Hall–Kier alpha value is -18.6. The molecule has 0 saturated heterocycles. The summed E-state index contributed by atoms with van der Waals surface area (Å²) in [5, 5.41) is 31.2. The van der Waals surface area contributed by atoms with Crippen LogP contribution in [-0.4, -0.2) is 163 Å². The number of carbonyl (C=O) groups excluding carboxylic acids is 2. The van der Waals surface area contributed by atoms with E-state index in [0.717, 1.165) is 177 Å². The topological polar surface area (TPSA) is 387 Å². The maximum absolute atomic E-state index is 10.9. The van der Waals surface area contributed by atoms with Crippen molar-refractivity contribution in [2.75, 3.05) is 67.4 Å². The number of nitrogens with one attached hydrogen (secondary N) is 4. The third-order valence-electron chi connectivity index (χ3n) is 22.2. The molecule has 15 aromatic heterocycles. The average Bonchev–Trinajstić information content (AvgIpc) is 0.923. The van der Waals surface area contributed by atoms with Crippen molar-refractivity contribution in [1.82, 2.24) is 98.5 Å². The van der Waals surface area contributed by atoms with E-state index in [9.17, 15) is 14.8 Å². The first kappa shape index (κ1) is 106. The number of hydrogen-bond acceptors (Lipinski definition) is 25. The van der Waals surface area contributed by atoms with E-state index in [1.165, 1.54) is 79.7 Å². The quantitative estimate of drug-likeness (QED) is 0.0535. The number of fused-ring (bicyclic) bond motifs is 12. The minimum atomic E-state index is -0.369. The molecule has 2 amide bonds. The third-order valence-corrected chi connectivity index (χ3v) is 22.2. The Kier molecular flexibility index (Phi) is 38.0. The van der Waals surface area contributed by atoms with E-state index >= 15 is 0 Å². The summed E-state index contributed by atoms with van der Waals surface area (Å²) < 4.78 is 25.7. The maximum Gasteiger partial charge on any atom is 0.411 e. The second-order valence-corrected chi connectivity index (χ2v) is 34.6. The molecule has 33 nitrogen and oxygen atoms in total. The van der Waals surface area contributed by atoms with Crippen LogP contribution in [0.4, 0.5) is 27.5 Å². The molecular formula is C114H119N25O8. The van der Waals surface area contributed by atoms with Gasteiger partial charge in [0.15, 0.2) is 24.6 Å². The van der Waals surface area contributed by atoms with E-state index in [-0.39, 0.29) is 18.6 Å². The fourth-order valence-electron chi connectivity index (χ4n) is 14.6. The van der Waals surface area contributed by atoms with Crippen LogP contribution in [0.25, 0.3) is 77.6 Å². The van der Waals surface area contributed by atoms with Crippen molar-refractivity contribution < 1.29 is 38.5 Å². The molecule has 0 atom stereocenters. The van der Waals surface area contributed by atoms with Gasteiger partial charge in [0.05, 0.1) is 98.7 Å². The molecule has 0 saturated carbocycles. The second-order valence-electron chi connectivity index (χ2n) is 34.6. The van der Waals surface area contributed by atoms with Crippen molar-refractivity contribution in [3.8, 4) is 17.2 Å². The number of benzene rings is 7. The molecule has 26 rings (SSSR count). The van der Waals surface area contributed by atoms with Crippen molar-refractivity contribution in [3.63, 3.8) is 0 Å². The number of pyridine rings is 6. The molecule has 7 aromatic carbocycles. The van der Waals surface area contributed by atoms with E-state index in [1.54, 1.807) is 68.0 Å². The van der Waals surface area contributed by atoms with Gasteiger partial charge in [-0.25, -0.2) is 49.7 Å². The van der Waals surface area contributed by atoms with Gasteiger partial charge < -0.3 is 54.4 Å². The SMILES string of the molecule is Cc1c[nH]c2ncccc12.Cc1cc[n+]([O-])cc1.Cc1ccc2c(c1)COC(=O)N2.Cc1ccc2c(c1)N(C)CCO2.Cc1ccc2c(c1)OCC(=O)N2.Cc1ccc2c(c1)OCCN2C.Cc1ccc2ncccc2c1.Cc1ccc2ncccc2n1.Cc1ccc2nccnc2c1.Cc1ccc2ncncc2c1.Cc1cn2cccnc2n1.Cc1cnc2ncccn12.Cc1cnn(O)c1.Cc1nc2ncccc2[nH]1. The molecular weight excluding hydrogens is 1850 g/mol. The molecule has 22 aromatic rings. The van der Waals surface area contributed by atoms with Crippen molar-refractivity contribution >= 4 is 112 Å². The van der Waals surface area contributed by atoms with Gasteiger partial charge in [0, 0.05) is 140 Å². The van der Waals surface area contributed by atoms with Crippen LogP contribution in [0, 0.1) is 102 Å². The predicted octanol–water partition coefficient (Wildman–Crippen LogP) is 21.7. The number of H-pyrrole nitrogens is 2. The Bertz CT molecular complexity index is 7430. The van der Waals surface area contributed by atoms with Gasteiger partial charge in [-0.15, -0.1) is 9.94 Å².